The maximum atomic E-state index is 10.3. The van der Waals surface area contributed by atoms with Crippen LogP contribution in [0.1, 0.15) is 79.1 Å². The fourth-order valence-corrected chi connectivity index (χ4v) is 10.8. The third-order valence-electron chi connectivity index (χ3n) is 11.5. The summed E-state index contributed by atoms with van der Waals surface area (Å²) in [6, 6.07) is 0. The van der Waals surface area contributed by atoms with Gasteiger partial charge in [-0.25, -0.2) is 0 Å². The first-order valence-electron chi connectivity index (χ1n) is 13.1. The first kappa shape index (κ1) is 21.9. The van der Waals surface area contributed by atoms with Crippen LogP contribution >= 0.6 is 22.6 Å². The predicted octanol–water partition coefficient (Wildman–Crippen LogP) is 6.33. The van der Waals surface area contributed by atoms with Crippen LogP contribution in [-0.4, -0.2) is 29.7 Å². The Hall–Kier alpha value is 0.350. The Balaban J connectivity index is 1.34. The third-order valence-corrected chi connectivity index (χ3v) is 13.0. The zero-order valence-corrected chi connectivity index (χ0v) is 21.9. The van der Waals surface area contributed by atoms with Gasteiger partial charge in [0, 0.05) is 23.7 Å². The summed E-state index contributed by atoms with van der Waals surface area (Å²) in [7, 11) is 0. The molecule has 2 heterocycles. The van der Waals surface area contributed by atoms with Crippen LogP contribution in [0.15, 0.2) is 9.66 Å². The van der Waals surface area contributed by atoms with E-state index >= 15 is 0 Å². The predicted molar refractivity (Wildman–Crippen MR) is 131 cm³/mol. The summed E-state index contributed by atoms with van der Waals surface area (Å²) in [5.41, 5.74) is 0.604. The highest BCUT2D eigenvalue weighted by Gasteiger charge is 2.69. The van der Waals surface area contributed by atoms with Crippen molar-refractivity contribution in [1.82, 2.24) is 0 Å². The number of allylic oxidation sites excluding steroid dienone is 2. The Kier molecular flexibility index (Phi) is 5.06. The van der Waals surface area contributed by atoms with Gasteiger partial charge in [-0.05, 0) is 106 Å². The summed E-state index contributed by atoms with van der Waals surface area (Å²) in [4.78, 5) is 0. The molecule has 0 aromatic heterocycles. The van der Waals surface area contributed by atoms with Crippen LogP contribution in [0, 0.1) is 52.3 Å². The molecule has 3 nitrogen and oxygen atoms in total. The number of hydrogen-bond donors (Lipinski definition) is 1. The second-order valence-electron chi connectivity index (χ2n) is 12.8. The number of halogens is 1. The van der Waals surface area contributed by atoms with Crippen molar-refractivity contribution in [2.24, 2.45) is 52.3 Å². The number of hydrogen-bond acceptors (Lipinski definition) is 3. The molecule has 5 fully saturated rings. The molecule has 0 aromatic carbocycles. The minimum atomic E-state index is -0.327. The van der Waals surface area contributed by atoms with Gasteiger partial charge in [0.05, 0.1) is 18.8 Å². The monoisotopic (exact) mass is 540 g/mol. The molecule has 174 valence electrons. The fraction of sp³-hybridized carbons (Fsp3) is 0.926. The molecule has 2 aliphatic heterocycles. The van der Waals surface area contributed by atoms with E-state index in [4.69, 9.17) is 9.47 Å². The SMILES string of the molecule is C[C@@H]1CC[C@@]2(OC1)O[C@H]1C[C@H]3[C@@H]4CC[C@H]5C[C@@H](O)CC[C@]5(C)[C@H]4C=C(I)[C@]3(C)[C@H]1[C@@H]2C. The van der Waals surface area contributed by atoms with E-state index in [2.05, 4.69) is 56.4 Å². The van der Waals surface area contributed by atoms with Gasteiger partial charge >= 0.3 is 0 Å². The van der Waals surface area contributed by atoms with Crippen LogP contribution in [0.2, 0.25) is 0 Å². The lowest BCUT2D eigenvalue weighted by molar-refractivity contribution is -0.272. The van der Waals surface area contributed by atoms with Gasteiger partial charge < -0.3 is 14.6 Å². The van der Waals surface area contributed by atoms with Gasteiger partial charge in [-0.2, -0.15) is 0 Å². The van der Waals surface area contributed by atoms with Gasteiger partial charge in [0.2, 0.25) is 0 Å². The molecule has 4 heteroatoms. The van der Waals surface area contributed by atoms with Gasteiger partial charge in [-0.15, -0.1) is 0 Å². The zero-order chi connectivity index (χ0) is 21.8. The lowest BCUT2D eigenvalue weighted by Crippen LogP contribution is -2.54. The Morgan fingerprint density at radius 1 is 1.06 bits per heavy atom. The minimum Gasteiger partial charge on any atom is -0.393 e. The standard InChI is InChI=1S/C27H41IO3/c1-15-7-10-27(30-14-15)16(2)24-22(31-27)12-21-19-6-5-17-11-18(29)8-9-25(17,3)20(19)13-23(28)26(21,24)4/h13,15-22,24,29H,5-12,14H2,1-4H3/t15-,16+,17+,18+,19-,20+,21+,22+,24+,25+,26-,27-/m1/s1. The molecular formula is C27H41IO3. The van der Waals surface area contributed by atoms with Gasteiger partial charge in [0.1, 0.15) is 0 Å². The second-order valence-corrected chi connectivity index (χ2v) is 13.9. The highest BCUT2D eigenvalue weighted by atomic mass is 127. The maximum absolute atomic E-state index is 10.3. The van der Waals surface area contributed by atoms with E-state index < -0.39 is 0 Å². The molecule has 2 saturated heterocycles. The first-order valence-corrected chi connectivity index (χ1v) is 14.1. The average molecular weight is 541 g/mol. The van der Waals surface area contributed by atoms with Crippen molar-refractivity contribution in [1.29, 1.82) is 0 Å². The molecule has 0 radical (unpaired) electrons. The van der Waals surface area contributed by atoms with E-state index in [1.165, 1.54) is 32.1 Å². The first-order chi connectivity index (χ1) is 14.7. The number of aliphatic hydroxyl groups excluding tert-OH is 1. The van der Waals surface area contributed by atoms with Gasteiger partial charge in [0.15, 0.2) is 5.79 Å². The quantitative estimate of drug-likeness (QED) is 0.365. The molecule has 4 aliphatic carbocycles. The molecule has 1 N–H and O–H groups in total. The van der Waals surface area contributed by atoms with Crippen molar-refractivity contribution in [2.75, 3.05) is 6.61 Å². The maximum Gasteiger partial charge on any atom is 0.171 e. The molecular weight excluding hydrogens is 499 g/mol. The number of fused-ring (bicyclic) bond motifs is 7. The number of rotatable bonds is 0. The van der Waals surface area contributed by atoms with E-state index in [1.807, 2.05) is 0 Å². The summed E-state index contributed by atoms with van der Waals surface area (Å²) in [5, 5.41) is 10.3. The largest absolute Gasteiger partial charge is 0.393 e. The molecule has 1 spiro atoms. The van der Waals surface area contributed by atoms with Crippen molar-refractivity contribution >= 4 is 22.6 Å². The summed E-state index contributed by atoms with van der Waals surface area (Å²) >= 11 is 2.72. The smallest absolute Gasteiger partial charge is 0.171 e. The van der Waals surface area contributed by atoms with E-state index in [0.717, 1.165) is 37.7 Å². The van der Waals surface area contributed by atoms with E-state index in [0.29, 0.717) is 41.1 Å². The van der Waals surface area contributed by atoms with Gasteiger partial charge in [0.25, 0.3) is 0 Å². The normalized spacial score (nSPS) is 60.7. The molecule has 6 rings (SSSR count). The third kappa shape index (κ3) is 2.86. The fourth-order valence-electron chi connectivity index (χ4n) is 9.62. The van der Waals surface area contributed by atoms with Crippen LogP contribution in [0.3, 0.4) is 0 Å². The van der Waals surface area contributed by atoms with Crippen molar-refractivity contribution in [3.05, 3.63) is 9.66 Å². The Morgan fingerprint density at radius 3 is 2.61 bits per heavy atom. The second kappa shape index (κ2) is 7.18. The van der Waals surface area contributed by atoms with Crippen LogP contribution in [-0.2, 0) is 9.47 Å². The van der Waals surface area contributed by atoms with Crippen molar-refractivity contribution in [3.63, 3.8) is 0 Å². The minimum absolute atomic E-state index is 0.0685. The average Bonchev–Trinajstić information content (AvgIpc) is 3.18. The zero-order valence-electron chi connectivity index (χ0n) is 19.8. The van der Waals surface area contributed by atoms with Gasteiger partial charge in [-0.1, -0.05) is 33.8 Å². The summed E-state index contributed by atoms with van der Waals surface area (Å²) < 4.78 is 15.0. The van der Waals surface area contributed by atoms with Crippen molar-refractivity contribution < 1.29 is 14.6 Å². The van der Waals surface area contributed by atoms with Crippen LogP contribution in [0.25, 0.3) is 0 Å². The Bertz CT molecular complexity index is 772. The van der Waals surface area contributed by atoms with E-state index in [1.54, 1.807) is 3.58 Å². The van der Waals surface area contributed by atoms with E-state index in [-0.39, 0.29) is 17.3 Å². The molecule has 12 atom stereocenters. The van der Waals surface area contributed by atoms with Crippen molar-refractivity contribution in [3.8, 4) is 0 Å². The van der Waals surface area contributed by atoms with Crippen LogP contribution in [0.4, 0.5) is 0 Å². The summed E-state index contributed by atoms with van der Waals surface area (Å²) in [6.45, 7) is 10.7. The summed E-state index contributed by atoms with van der Waals surface area (Å²) in [5.74, 6) is 4.26. The molecule has 0 amide bonds. The molecule has 6 aliphatic rings. The lowest BCUT2D eigenvalue weighted by Gasteiger charge is -2.59. The molecule has 31 heavy (non-hydrogen) atoms. The van der Waals surface area contributed by atoms with E-state index in [9.17, 15) is 5.11 Å². The molecule has 3 saturated carbocycles. The summed E-state index contributed by atoms with van der Waals surface area (Å²) in [6.07, 6.45) is 12.4. The number of ether oxygens (including phenoxy) is 2. The molecule has 0 bridgehead atoms. The van der Waals surface area contributed by atoms with Crippen LogP contribution in [0.5, 0.6) is 0 Å². The molecule has 0 aromatic rings. The highest BCUT2D eigenvalue weighted by molar-refractivity contribution is 14.1. The Labute approximate surface area is 202 Å². The van der Waals surface area contributed by atoms with Crippen molar-refractivity contribution in [2.45, 2.75) is 97.1 Å². The lowest BCUT2D eigenvalue weighted by atomic mass is 9.46. The Morgan fingerprint density at radius 2 is 1.87 bits per heavy atom. The molecule has 0 unspecified atom stereocenters. The topological polar surface area (TPSA) is 38.7 Å². The highest BCUT2D eigenvalue weighted by Crippen LogP contribution is 2.72. The number of aliphatic hydroxyl groups is 1. The van der Waals surface area contributed by atoms with Gasteiger partial charge in [-0.3, -0.25) is 0 Å². The van der Waals surface area contributed by atoms with Crippen LogP contribution < -0.4 is 0 Å².